The van der Waals surface area contributed by atoms with Gasteiger partial charge in [-0.25, -0.2) is 4.79 Å². The molecule has 4 aliphatic rings. The molecule has 0 aromatic heterocycles. The van der Waals surface area contributed by atoms with Gasteiger partial charge < -0.3 is 19.7 Å². The Morgan fingerprint density at radius 3 is 2.53 bits per heavy atom. The average Bonchev–Trinajstić information content (AvgIpc) is 3.28. The van der Waals surface area contributed by atoms with Crippen molar-refractivity contribution in [3.8, 4) is 0 Å². The molecule has 1 atom stereocenters. The summed E-state index contributed by atoms with van der Waals surface area (Å²) in [5, 5.41) is 2.99. The maximum absolute atomic E-state index is 13.4. The number of amides is 3. The SMILES string of the molecule is CN1C(=O)c2ccccc2N2C(=O)CCC12C(=O)OCC(=O)NCC1(N2CCOCC2)CCCCC1. The first-order valence-corrected chi connectivity index (χ1v) is 12.9. The van der Waals surface area contributed by atoms with Crippen LogP contribution < -0.4 is 10.2 Å². The molecule has 10 nitrogen and oxygen atoms in total. The van der Waals surface area contributed by atoms with E-state index in [0.717, 1.165) is 38.8 Å². The Hall–Kier alpha value is -2.98. The number of nitrogens with zero attached hydrogens (tertiary/aromatic N) is 3. The van der Waals surface area contributed by atoms with Crippen LogP contribution in [0.15, 0.2) is 24.3 Å². The fourth-order valence-corrected chi connectivity index (χ4v) is 6.30. The second-order valence-electron chi connectivity index (χ2n) is 10.2. The van der Waals surface area contributed by atoms with Crippen molar-refractivity contribution in [1.82, 2.24) is 15.1 Å². The van der Waals surface area contributed by atoms with Gasteiger partial charge in [-0.1, -0.05) is 31.4 Å². The van der Waals surface area contributed by atoms with Crippen molar-refractivity contribution in [3.05, 3.63) is 29.8 Å². The quantitative estimate of drug-likeness (QED) is 0.589. The van der Waals surface area contributed by atoms with E-state index in [0.29, 0.717) is 31.0 Å². The van der Waals surface area contributed by atoms with Crippen molar-refractivity contribution < 1.29 is 28.7 Å². The van der Waals surface area contributed by atoms with Gasteiger partial charge in [-0.05, 0) is 25.0 Å². The molecule has 1 N–H and O–H groups in total. The predicted octanol–water partition coefficient (Wildman–Crippen LogP) is 1.29. The van der Waals surface area contributed by atoms with E-state index in [-0.39, 0.29) is 36.1 Å². The van der Waals surface area contributed by atoms with Gasteiger partial charge in [0.25, 0.3) is 11.8 Å². The number of hydrogen-bond acceptors (Lipinski definition) is 7. The summed E-state index contributed by atoms with van der Waals surface area (Å²) in [4.78, 5) is 57.2. The molecule has 3 heterocycles. The fraction of sp³-hybridized carbons (Fsp3) is 0.615. The molecule has 1 aromatic carbocycles. The molecule has 1 unspecified atom stereocenters. The van der Waals surface area contributed by atoms with Crippen molar-refractivity contribution in [2.75, 3.05) is 51.4 Å². The Labute approximate surface area is 210 Å². The number of rotatable bonds is 6. The molecule has 2 saturated heterocycles. The van der Waals surface area contributed by atoms with Gasteiger partial charge in [0.1, 0.15) is 0 Å². The van der Waals surface area contributed by atoms with Crippen LogP contribution in [0.2, 0.25) is 0 Å². The van der Waals surface area contributed by atoms with Crippen molar-refractivity contribution in [3.63, 3.8) is 0 Å². The number of nitrogens with one attached hydrogen (secondary N) is 1. The van der Waals surface area contributed by atoms with Crippen LogP contribution in [-0.2, 0) is 23.9 Å². The Morgan fingerprint density at radius 1 is 1.06 bits per heavy atom. The van der Waals surface area contributed by atoms with E-state index < -0.39 is 18.2 Å². The number of esters is 1. The Morgan fingerprint density at radius 2 is 1.78 bits per heavy atom. The first kappa shape index (κ1) is 24.7. The monoisotopic (exact) mass is 498 g/mol. The minimum Gasteiger partial charge on any atom is -0.452 e. The second-order valence-corrected chi connectivity index (χ2v) is 10.2. The van der Waals surface area contributed by atoms with Crippen LogP contribution in [0, 0.1) is 0 Å². The smallest absolute Gasteiger partial charge is 0.354 e. The van der Waals surface area contributed by atoms with Crippen LogP contribution in [0.5, 0.6) is 0 Å². The highest BCUT2D eigenvalue weighted by atomic mass is 16.5. The first-order chi connectivity index (χ1) is 17.4. The number of hydrogen-bond donors (Lipinski definition) is 1. The van der Waals surface area contributed by atoms with E-state index in [4.69, 9.17) is 9.47 Å². The zero-order valence-corrected chi connectivity index (χ0v) is 20.8. The van der Waals surface area contributed by atoms with E-state index in [2.05, 4.69) is 10.2 Å². The maximum Gasteiger partial charge on any atom is 0.354 e. The van der Waals surface area contributed by atoms with E-state index >= 15 is 0 Å². The zero-order valence-electron chi connectivity index (χ0n) is 20.8. The molecule has 5 rings (SSSR count). The number of para-hydroxylation sites is 1. The lowest BCUT2D eigenvalue weighted by Crippen LogP contribution is -2.67. The largest absolute Gasteiger partial charge is 0.452 e. The first-order valence-electron chi connectivity index (χ1n) is 12.9. The second kappa shape index (κ2) is 9.82. The number of morpholine rings is 1. The number of likely N-dealkylation sites (N-methyl/N-ethyl adjacent to an activating group) is 1. The van der Waals surface area contributed by atoms with Crippen molar-refractivity contribution in [1.29, 1.82) is 0 Å². The summed E-state index contributed by atoms with van der Waals surface area (Å²) in [7, 11) is 1.50. The highest BCUT2D eigenvalue weighted by Gasteiger charge is 2.61. The number of anilines is 1. The molecule has 3 fully saturated rings. The third-order valence-corrected chi connectivity index (χ3v) is 8.28. The highest BCUT2D eigenvalue weighted by Crippen LogP contribution is 2.44. The predicted molar refractivity (Wildman–Crippen MR) is 130 cm³/mol. The summed E-state index contributed by atoms with van der Waals surface area (Å²) in [5.74, 6) is -1.77. The molecule has 1 saturated carbocycles. The van der Waals surface area contributed by atoms with E-state index in [9.17, 15) is 19.2 Å². The van der Waals surface area contributed by atoms with Crippen molar-refractivity contribution >= 4 is 29.4 Å². The fourth-order valence-electron chi connectivity index (χ4n) is 6.30. The lowest BCUT2D eigenvalue weighted by molar-refractivity contribution is -0.159. The topological polar surface area (TPSA) is 108 Å². The zero-order chi connectivity index (χ0) is 25.3. The Bertz CT molecular complexity index is 1050. The van der Waals surface area contributed by atoms with Gasteiger partial charge in [-0.2, -0.15) is 0 Å². The van der Waals surface area contributed by atoms with Crippen molar-refractivity contribution in [2.24, 2.45) is 0 Å². The minimum absolute atomic E-state index is 0.102. The molecule has 36 heavy (non-hydrogen) atoms. The van der Waals surface area contributed by atoms with Gasteiger partial charge in [0.2, 0.25) is 11.6 Å². The summed E-state index contributed by atoms with van der Waals surface area (Å²) >= 11 is 0. The number of fused-ring (bicyclic) bond motifs is 3. The number of carbonyl (C=O) groups excluding carboxylic acids is 4. The van der Waals surface area contributed by atoms with Crippen LogP contribution in [0.25, 0.3) is 0 Å². The third kappa shape index (κ3) is 4.06. The Balaban J connectivity index is 1.26. The standard InChI is InChI=1S/C26H34N4O6/c1-28-23(33)19-7-3-4-8-20(19)30-22(32)9-12-26(28,30)24(34)36-17-21(31)27-18-25(10-5-2-6-11-25)29-13-15-35-16-14-29/h3-4,7-8H,2,5-6,9-18H2,1H3,(H,27,31). The van der Waals surface area contributed by atoms with Gasteiger partial charge in [-0.3, -0.25) is 24.2 Å². The molecule has 1 aromatic rings. The van der Waals surface area contributed by atoms with Gasteiger partial charge in [-0.15, -0.1) is 0 Å². The normalized spacial score (nSPS) is 25.8. The van der Waals surface area contributed by atoms with E-state index in [1.54, 1.807) is 24.3 Å². The van der Waals surface area contributed by atoms with Crippen LogP contribution in [0.4, 0.5) is 5.69 Å². The number of carbonyl (C=O) groups is 4. The number of benzene rings is 1. The lowest BCUT2D eigenvalue weighted by atomic mass is 9.79. The van der Waals surface area contributed by atoms with Gasteiger partial charge in [0, 0.05) is 45.1 Å². The molecular formula is C26H34N4O6. The van der Waals surface area contributed by atoms with Crippen LogP contribution >= 0.6 is 0 Å². The highest BCUT2D eigenvalue weighted by molar-refractivity contribution is 6.15. The molecule has 0 radical (unpaired) electrons. The van der Waals surface area contributed by atoms with Crippen LogP contribution in [0.3, 0.4) is 0 Å². The molecule has 194 valence electrons. The molecule has 3 amide bonds. The lowest BCUT2D eigenvalue weighted by Gasteiger charge is -2.48. The molecule has 0 spiro atoms. The van der Waals surface area contributed by atoms with Crippen molar-refractivity contribution in [2.45, 2.75) is 56.1 Å². The summed E-state index contributed by atoms with van der Waals surface area (Å²) in [5.41, 5.74) is -0.928. The average molecular weight is 499 g/mol. The molecule has 0 bridgehead atoms. The molecule has 3 aliphatic heterocycles. The van der Waals surface area contributed by atoms with Gasteiger partial charge in [0.15, 0.2) is 6.61 Å². The number of ether oxygens (including phenoxy) is 2. The maximum atomic E-state index is 13.4. The molecule has 10 heteroatoms. The summed E-state index contributed by atoms with van der Waals surface area (Å²) in [6, 6.07) is 6.74. The minimum atomic E-state index is -1.58. The summed E-state index contributed by atoms with van der Waals surface area (Å²) in [6.07, 6.45) is 5.69. The van der Waals surface area contributed by atoms with E-state index in [1.165, 1.54) is 23.3 Å². The summed E-state index contributed by atoms with van der Waals surface area (Å²) in [6.45, 7) is 3.11. The van der Waals surface area contributed by atoms with Crippen LogP contribution in [-0.4, -0.2) is 91.2 Å². The van der Waals surface area contributed by atoms with Gasteiger partial charge >= 0.3 is 5.97 Å². The summed E-state index contributed by atoms with van der Waals surface area (Å²) < 4.78 is 11.0. The third-order valence-electron chi connectivity index (χ3n) is 8.28. The van der Waals surface area contributed by atoms with Crippen LogP contribution in [0.1, 0.15) is 55.3 Å². The molecule has 1 aliphatic carbocycles. The van der Waals surface area contributed by atoms with E-state index in [1.807, 2.05) is 0 Å². The molecular weight excluding hydrogens is 464 g/mol. The van der Waals surface area contributed by atoms with Gasteiger partial charge in [0.05, 0.1) is 24.5 Å². The Kier molecular flexibility index (Phi) is 6.74.